The SMILES string of the molecule is O=C(O)C1CCN(C(=O)NCCNS(=O)(=O)c2ccccc2)C1. The van der Waals surface area contributed by atoms with Gasteiger partial charge in [-0.15, -0.1) is 0 Å². The summed E-state index contributed by atoms with van der Waals surface area (Å²) in [6, 6.07) is 7.56. The molecule has 1 aliphatic heterocycles. The van der Waals surface area contributed by atoms with Crippen molar-refractivity contribution in [3.8, 4) is 0 Å². The van der Waals surface area contributed by atoms with Gasteiger partial charge in [-0.25, -0.2) is 17.9 Å². The van der Waals surface area contributed by atoms with E-state index in [1.807, 2.05) is 0 Å². The molecule has 0 saturated carbocycles. The van der Waals surface area contributed by atoms with Crippen LogP contribution >= 0.6 is 0 Å². The Kier molecular flexibility index (Phi) is 5.56. The summed E-state index contributed by atoms with van der Waals surface area (Å²) in [4.78, 5) is 24.3. The molecular formula is C14H19N3O5S. The molecule has 2 rings (SSSR count). The second-order valence-corrected chi connectivity index (χ2v) is 6.98. The lowest BCUT2D eigenvalue weighted by atomic mass is 10.1. The van der Waals surface area contributed by atoms with Crippen LogP contribution in [-0.4, -0.2) is 56.6 Å². The molecule has 3 N–H and O–H groups in total. The Morgan fingerprint density at radius 1 is 1.22 bits per heavy atom. The summed E-state index contributed by atoms with van der Waals surface area (Å²) < 4.78 is 26.3. The van der Waals surface area contributed by atoms with Gasteiger partial charge in [-0.05, 0) is 18.6 Å². The van der Waals surface area contributed by atoms with E-state index in [0.29, 0.717) is 13.0 Å². The monoisotopic (exact) mass is 341 g/mol. The molecule has 1 saturated heterocycles. The smallest absolute Gasteiger partial charge is 0.317 e. The summed E-state index contributed by atoms with van der Waals surface area (Å²) in [5.41, 5.74) is 0. The highest BCUT2D eigenvalue weighted by Gasteiger charge is 2.30. The quantitative estimate of drug-likeness (QED) is 0.634. The second kappa shape index (κ2) is 7.42. The lowest BCUT2D eigenvalue weighted by Crippen LogP contribution is -2.42. The minimum Gasteiger partial charge on any atom is -0.481 e. The zero-order valence-electron chi connectivity index (χ0n) is 12.4. The number of amides is 2. The molecule has 126 valence electrons. The fraction of sp³-hybridized carbons (Fsp3) is 0.429. The molecule has 1 heterocycles. The van der Waals surface area contributed by atoms with Crippen molar-refractivity contribution in [2.45, 2.75) is 11.3 Å². The number of carbonyl (C=O) groups excluding carboxylic acids is 1. The second-order valence-electron chi connectivity index (χ2n) is 5.21. The van der Waals surface area contributed by atoms with Crippen molar-refractivity contribution in [3.05, 3.63) is 30.3 Å². The van der Waals surface area contributed by atoms with Crippen molar-refractivity contribution in [2.75, 3.05) is 26.2 Å². The highest BCUT2D eigenvalue weighted by atomic mass is 32.2. The molecule has 9 heteroatoms. The molecular weight excluding hydrogens is 322 g/mol. The summed E-state index contributed by atoms with van der Waals surface area (Å²) in [6.07, 6.45) is 0.434. The Bertz CT molecular complexity index is 662. The maximum atomic E-state index is 12.0. The van der Waals surface area contributed by atoms with Crippen LogP contribution < -0.4 is 10.0 Å². The van der Waals surface area contributed by atoms with Crippen LogP contribution in [0.3, 0.4) is 0 Å². The first kappa shape index (κ1) is 17.2. The van der Waals surface area contributed by atoms with E-state index in [4.69, 9.17) is 5.11 Å². The van der Waals surface area contributed by atoms with Crippen molar-refractivity contribution < 1.29 is 23.1 Å². The van der Waals surface area contributed by atoms with E-state index in [9.17, 15) is 18.0 Å². The van der Waals surface area contributed by atoms with Crippen molar-refractivity contribution in [3.63, 3.8) is 0 Å². The van der Waals surface area contributed by atoms with E-state index in [2.05, 4.69) is 10.0 Å². The minimum atomic E-state index is -3.59. The average Bonchev–Trinajstić information content (AvgIpc) is 3.02. The first-order chi connectivity index (χ1) is 10.9. The first-order valence-corrected chi connectivity index (χ1v) is 8.69. The number of aliphatic carboxylic acids is 1. The lowest BCUT2D eigenvalue weighted by molar-refractivity contribution is -0.141. The molecule has 0 aliphatic carbocycles. The number of nitrogens with one attached hydrogen (secondary N) is 2. The molecule has 0 bridgehead atoms. The van der Waals surface area contributed by atoms with E-state index in [-0.39, 0.29) is 30.6 Å². The van der Waals surface area contributed by atoms with Gasteiger partial charge in [-0.2, -0.15) is 0 Å². The Labute approximate surface area is 134 Å². The summed E-state index contributed by atoms with van der Waals surface area (Å²) in [5, 5.41) is 11.5. The molecule has 8 nitrogen and oxygen atoms in total. The van der Waals surface area contributed by atoms with Crippen LogP contribution in [0, 0.1) is 5.92 Å². The number of benzene rings is 1. The molecule has 1 atom stereocenters. The van der Waals surface area contributed by atoms with Gasteiger partial charge < -0.3 is 15.3 Å². The largest absolute Gasteiger partial charge is 0.481 e. The molecule has 1 aromatic carbocycles. The number of likely N-dealkylation sites (tertiary alicyclic amines) is 1. The molecule has 1 fully saturated rings. The van der Waals surface area contributed by atoms with E-state index < -0.39 is 21.9 Å². The third-order valence-corrected chi connectivity index (χ3v) is 5.05. The first-order valence-electron chi connectivity index (χ1n) is 7.20. The van der Waals surface area contributed by atoms with Crippen LogP contribution in [0.2, 0.25) is 0 Å². The Morgan fingerprint density at radius 3 is 2.52 bits per heavy atom. The van der Waals surface area contributed by atoms with Gasteiger partial charge in [0, 0.05) is 26.2 Å². The lowest BCUT2D eigenvalue weighted by Gasteiger charge is -2.16. The molecule has 1 aliphatic rings. The molecule has 0 aromatic heterocycles. The van der Waals surface area contributed by atoms with Gasteiger partial charge in [0.2, 0.25) is 10.0 Å². The minimum absolute atomic E-state index is 0.0547. The highest BCUT2D eigenvalue weighted by Crippen LogP contribution is 2.15. The summed E-state index contributed by atoms with van der Waals surface area (Å²) >= 11 is 0. The van der Waals surface area contributed by atoms with Gasteiger partial charge in [0.05, 0.1) is 10.8 Å². The third kappa shape index (κ3) is 4.67. The molecule has 1 unspecified atom stereocenters. The fourth-order valence-corrected chi connectivity index (χ4v) is 3.35. The standard InChI is InChI=1S/C14H19N3O5S/c18-13(19)11-6-9-17(10-11)14(20)15-7-8-16-23(21,22)12-4-2-1-3-5-12/h1-5,11,16H,6-10H2,(H,15,20)(H,18,19). The van der Waals surface area contributed by atoms with Crippen LogP contribution in [0.1, 0.15) is 6.42 Å². The summed E-state index contributed by atoms with van der Waals surface area (Å²) in [7, 11) is -3.59. The molecule has 2 amide bonds. The highest BCUT2D eigenvalue weighted by molar-refractivity contribution is 7.89. The molecule has 1 aromatic rings. The van der Waals surface area contributed by atoms with Crippen molar-refractivity contribution in [2.24, 2.45) is 5.92 Å². The number of rotatable bonds is 6. The molecule has 0 radical (unpaired) electrons. The number of carbonyl (C=O) groups is 2. The van der Waals surface area contributed by atoms with Crippen molar-refractivity contribution in [1.82, 2.24) is 14.9 Å². The van der Waals surface area contributed by atoms with Crippen LogP contribution in [0.4, 0.5) is 4.79 Å². The van der Waals surface area contributed by atoms with Crippen molar-refractivity contribution in [1.29, 1.82) is 0 Å². The van der Waals surface area contributed by atoms with Gasteiger partial charge in [-0.3, -0.25) is 4.79 Å². The number of sulfonamides is 1. The van der Waals surface area contributed by atoms with Crippen molar-refractivity contribution >= 4 is 22.0 Å². The zero-order valence-corrected chi connectivity index (χ0v) is 13.3. The van der Waals surface area contributed by atoms with Gasteiger partial charge in [0.25, 0.3) is 0 Å². The normalized spacial score (nSPS) is 17.9. The molecule has 23 heavy (non-hydrogen) atoms. The predicted molar refractivity (Wildman–Crippen MR) is 82.3 cm³/mol. The fourth-order valence-electron chi connectivity index (χ4n) is 2.30. The Balaban J connectivity index is 1.73. The zero-order chi connectivity index (χ0) is 16.9. The molecule has 0 spiro atoms. The average molecular weight is 341 g/mol. The topological polar surface area (TPSA) is 116 Å². The van der Waals surface area contributed by atoms with E-state index in [0.717, 1.165) is 0 Å². The van der Waals surface area contributed by atoms with E-state index in [1.54, 1.807) is 18.2 Å². The Hall–Kier alpha value is -2.13. The van der Waals surface area contributed by atoms with Gasteiger partial charge in [0.15, 0.2) is 0 Å². The third-order valence-electron chi connectivity index (χ3n) is 3.57. The van der Waals surface area contributed by atoms with Crippen LogP contribution in [0.15, 0.2) is 35.2 Å². The summed E-state index contributed by atoms with van der Waals surface area (Å²) in [5.74, 6) is -1.44. The van der Waals surface area contributed by atoms with Crippen LogP contribution in [0.25, 0.3) is 0 Å². The van der Waals surface area contributed by atoms with E-state index >= 15 is 0 Å². The van der Waals surface area contributed by atoms with Gasteiger partial charge >= 0.3 is 12.0 Å². The Morgan fingerprint density at radius 2 is 1.91 bits per heavy atom. The number of hydrogen-bond donors (Lipinski definition) is 3. The number of urea groups is 1. The van der Waals surface area contributed by atoms with Gasteiger partial charge in [-0.1, -0.05) is 18.2 Å². The van der Waals surface area contributed by atoms with Crippen LogP contribution in [0.5, 0.6) is 0 Å². The number of carboxylic acid groups (broad SMARTS) is 1. The number of carboxylic acids is 1. The van der Waals surface area contributed by atoms with E-state index in [1.165, 1.54) is 17.0 Å². The predicted octanol–water partition coefficient (Wildman–Crippen LogP) is 0.0810. The van der Waals surface area contributed by atoms with Crippen LogP contribution in [-0.2, 0) is 14.8 Å². The maximum Gasteiger partial charge on any atom is 0.317 e. The number of hydrogen-bond acceptors (Lipinski definition) is 4. The maximum absolute atomic E-state index is 12.0. The number of nitrogens with zero attached hydrogens (tertiary/aromatic N) is 1. The van der Waals surface area contributed by atoms with Gasteiger partial charge in [0.1, 0.15) is 0 Å². The summed E-state index contributed by atoms with van der Waals surface area (Å²) in [6.45, 7) is 0.744.